The van der Waals surface area contributed by atoms with Crippen LogP contribution in [0.3, 0.4) is 0 Å². The Balaban J connectivity index is 1.92. The maximum atomic E-state index is 11.2. The van der Waals surface area contributed by atoms with Crippen molar-refractivity contribution in [3.63, 3.8) is 0 Å². The van der Waals surface area contributed by atoms with Crippen LogP contribution in [0.5, 0.6) is 5.75 Å². The van der Waals surface area contributed by atoms with Gasteiger partial charge in [0.25, 0.3) is 0 Å². The average molecular weight is 308 g/mol. The van der Waals surface area contributed by atoms with Crippen LogP contribution in [0, 0.1) is 0 Å². The molecular formula is C18H16N2O3. The molecule has 0 radical (unpaired) electrons. The van der Waals surface area contributed by atoms with E-state index in [0.717, 1.165) is 41.1 Å². The van der Waals surface area contributed by atoms with Crippen LogP contribution in [-0.2, 0) is 0 Å². The molecule has 4 rings (SSSR count). The number of carboxylic acids is 1. The summed E-state index contributed by atoms with van der Waals surface area (Å²) in [6.07, 6.45) is 2.26. The van der Waals surface area contributed by atoms with Gasteiger partial charge in [0, 0.05) is 11.6 Å². The van der Waals surface area contributed by atoms with E-state index in [1.54, 1.807) is 19.2 Å². The average Bonchev–Trinajstić information content (AvgIpc) is 3.35. The largest absolute Gasteiger partial charge is 0.497 e. The Labute approximate surface area is 133 Å². The highest BCUT2D eigenvalue weighted by Crippen LogP contribution is 2.42. The zero-order chi connectivity index (χ0) is 16.0. The molecule has 1 aliphatic carbocycles. The van der Waals surface area contributed by atoms with E-state index in [4.69, 9.17) is 14.8 Å². The molecule has 5 heteroatoms. The predicted octanol–water partition coefficient (Wildman–Crippen LogP) is 3.61. The normalized spacial score (nSPS) is 14.1. The van der Waals surface area contributed by atoms with Gasteiger partial charge in [-0.15, -0.1) is 0 Å². The third-order valence-corrected chi connectivity index (χ3v) is 4.20. The second kappa shape index (κ2) is 5.12. The van der Waals surface area contributed by atoms with Crippen molar-refractivity contribution in [3.05, 3.63) is 53.9 Å². The number of aromatic carboxylic acids is 1. The molecule has 3 aromatic rings. The molecule has 0 aliphatic heterocycles. The first-order valence-electron chi connectivity index (χ1n) is 7.57. The first-order chi connectivity index (χ1) is 11.2. The third-order valence-electron chi connectivity index (χ3n) is 4.20. The molecule has 0 unspecified atom stereocenters. The summed E-state index contributed by atoms with van der Waals surface area (Å²) in [7, 11) is 1.64. The molecule has 1 saturated carbocycles. The number of fused-ring (bicyclic) bond motifs is 1. The van der Waals surface area contributed by atoms with Crippen molar-refractivity contribution in [1.29, 1.82) is 0 Å². The maximum absolute atomic E-state index is 11.2. The smallest absolute Gasteiger partial charge is 0.335 e. The first kappa shape index (κ1) is 13.8. The van der Waals surface area contributed by atoms with E-state index in [1.165, 1.54) is 0 Å². The van der Waals surface area contributed by atoms with Gasteiger partial charge in [-0.3, -0.25) is 4.57 Å². The summed E-state index contributed by atoms with van der Waals surface area (Å²) in [4.78, 5) is 15.9. The monoisotopic (exact) mass is 308 g/mol. The third kappa shape index (κ3) is 2.34. The van der Waals surface area contributed by atoms with Gasteiger partial charge in [-0.1, -0.05) is 0 Å². The van der Waals surface area contributed by atoms with Gasteiger partial charge in [0.05, 0.1) is 23.7 Å². The van der Waals surface area contributed by atoms with Crippen LogP contribution in [0.2, 0.25) is 0 Å². The maximum Gasteiger partial charge on any atom is 0.335 e. The molecule has 0 saturated heterocycles. The quantitative estimate of drug-likeness (QED) is 0.799. The molecule has 1 N–H and O–H groups in total. The lowest BCUT2D eigenvalue weighted by Gasteiger charge is -2.09. The number of nitrogens with zero attached hydrogens (tertiary/aromatic N) is 2. The summed E-state index contributed by atoms with van der Waals surface area (Å²) >= 11 is 0. The molecule has 23 heavy (non-hydrogen) atoms. The SMILES string of the molecule is COc1ccc(-n2c(C3CC3)nc3cc(C(=O)O)ccc32)cc1. The van der Waals surface area contributed by atoms with Crippen molar-refractivity contribution >= 4 is 17.0 Å². The number of imidazole rings is 1. The topological polar surface area (TPSA) is 64.4 Å². The summed E-state index contributed by atoms with van der Waals surface area (Å²) in [6, 6.07) is 12.9. The Morgan fingerprint density at radius 2 is 1.96 bits per heavy atom. The van der Waals surface area contributed by atoms with Gasteiger partial charge in [-0.25, -0.2) is 9.78 Å². The van der Waals surface area contributed by atoms with Gasteiger partial charge in [0.1, 0.15) is 11.6 Å². The molecule has 0 bridgehead atoms. The lowest BCUT2D eigenvalue weighted by Crippen LogP contribution is -2.00. The molecule has 2 aromatic carbocycles. The van der Waals surface area contributed by atoms with Crippen molar-refractivity contribution in [2.24, 2.45) is 0 Å². The van der Waals surface area contributed by atoms with Gasteiger partial charge in [0.2, 0.25) is 0 Å². The number of methoxy groups -OCH3 is 1. The number of aromatic nitrogens is 2. The number of carboxylic acid groups (broad SMARTS) is 1. The van der Waals surface area contributed by atoms with Gasteiger partial charge in [-0.05, 0) is 55.3 Å². The number of benzene rings is 2. The van der Waals surface area contributed by atoms with Crippen molar-refractivity contribution in [3.8, 4) is 11.4 Å². The van der Waals surface area contributed by atoms with Gasteiger partial charge in [-0.2, -0.15) is 0 Å². The summed E-state index contributed by atoms with van der Waals surface area (Å²) < 4.78 is 7.34. The fourth-order valence-electron chi connectivity index (χ4n) is 2.85. The number of hydrogen-bond acceptors (Lipinski definition) is 3. The van der Waals surface area contributed by atoms with E-state index in [-0.39, 0.29) is 5.56 Å². The zero-order valence-electron chi connectivity index (χ0n) is 12.7. The molecule has 0 atom stereocenters. The van der Waals surface area contributed by atoms with Crippen LogP contribution in [0.15, 0.2) is 42.5 Å². The summed E-state index contributed by atoms with van der Waals surface area (Å²) in [5.74, 6) is 1.34. The van der Waals surface area contributed by atoms with E-state index < -0.39 is 5.97 Å². The fourth-order valence-corrected chi connectivity index (χ4v) is 2.85. The molecule has 116 valence electrons. The van der Waals surface area contributed by atoms with Crippen LogP contribution in [0.25, 0.3) is 16.7 Å². The minimum absolute atomic E-state index is 0.263. The fraction of sp³-hybridized carbons (Fsp3) is 0.222. The van der Waals surface area contributed by atoms with E-state index in [9.17, 15) is 4.79 Å². The van der Waals surface area contributed by atoms with Crippen LogP contribution >= 0.6 is 0 Å². The number of carbonyl (C=O) groups is 1. The van der Waals surface area contributed by atoms with Gasteiger partial charge < -0.3 is 9.84 Å². The van der Waals surface area contributed by atoms with Crippen molar-refractivity contribution in [1.82, 2.24) is 9.55 Å². The molecule has 5 nitrogen and oxygen atoms in total. The van der Waals surface area contributed by atoms with E-state index >= 15 is 0 Å². The Bertz CT molecular complexity index is 893. The van der Waals surface area contributed by atoms with Crippen molar-refractivity contribution in [2.45, 2.75) is 18.8 Å². The zero-order valence-corrected chi connectivity index (χ0v) is 12.7. The highest BCUT2D eigenvalue weighted by Gasteiger charge is 2.30. The van der Waals surface area contributed by atoms with Crippen molar-refractivity contribution < 1.29 is 14.6 Å². The number of rotatable bonds is 4. The second-order valence-corrected chi connectivity index (χ2v) is 5.79. The van der Waals surface area contributed by atoms with E-state index in [0.29, 0.717) is 5.92 Å². The Kier molecular flexibility index (Phi) is 3.08. The summed E-state index contributed by atoms with van der Waals surface area (Å²) in [5, 5.41) is 9.17. The predicted molar refractivity (Wildman–Crippen MR) is 86.6 cm³/mol. The second-order valence-electron chi connectivity index (χ2n) is 5.79. The minimum atomic E-state index is -0.932. The van der Waals surface area contributed by atoms with Crippen LogP contribution < -0.4 is 4.74 Å². The number of hydrogen-bond donors (Lipinski definition) is 1. The standard InChI is InChI=1S/C18H16N2O3/c1-23-14-7-5-13(6-8-14)20-16-9-4-12(18(21)22)10-15(16)19-17(20)11-2-3-11/h4-11H,2-3H2,1H3,(H,21,22). The van der Waals surface area contributed by atoms with Crippen LogP contribution in [-0.4, -0.2) is 27.7 Å². The minimum Gasteiger partial charge on any atom is -0.497 e. The highest BCUT2D eigenvalue weighted by atomic mass is 16.5. The lowest BCUT2D eigenvalue weighted by atomic mass is 10.2. The van der Waals surface area contributed by atoms with Crippen molar-refractivity contribution in [2.75, 3.05) is 7.11 Å². The molecule has 1 aromatic heterocycles. The highest BCUT2D eigenvalue weighted by molar-refractivity contribution is 5.93. The Morgan fingerprint density at radius 3 is 2.57 bits per heavy atom. The molecule has 0 spiro atoms. The molecular weight excluding hydrogens is 292 g/mol. The Hall–Kier alpha value is -2.82. The summed E-state index contributed by atoms with van der Waals surface area (Å²) in [6.45, 7) is 0. The lowest BCUT2D eigenvalue weighted by molar-refractivity contribution is 0.0697. The van der Waals surface area contributed by atoms with Gasteiger partial charge in [0.15, 0.2) is 0 Å². The van der Waals surface area contributed by atoms with Crippen LogP contribution in [0.4, 0.5) is 0 Å². The molecule has 1 fully saturated rings. The van der Waals surface area contributed by atoms with Crippen LogP contribution in [0.1, 0.15) is 34.9 Å². The van der Waals surface area contributed by atoms with Gasteiger partial charge >= 0.3 is 5.97 Å². The summed E-state index contributed by atoms with van der Waals surface area (Å²) in [5.41, 5.74) is 2.93. The van der Waals surface area contributed by atoms with E-state index in [2.05, 4.69) is 4.57 Å². The Morgan fingerprint density at radius 1 is 1.22 bits per heavy atom. The first-order valence-corrected chi connectivity index (χ1v) is 7.57. The molecule has 0 amide bonds. The molecule has 1 heterocycles. The van der Waals surface area contributed by atoms with E-state index in [1.807, 2.05) is 30.3 Å². The molecule has 1 aliphatic rings. The number of ether oxygens (including phenoxy) is 1.